The van der Waals surface area contributed by atoms with E-state index in [1.807, 2.05) is 24.1 Å². The molecular formula is C21H26N2O2S. The molecule has 0 spiro atoms. The normalized spacial score (nSPS) is 24.3. The van der Waals surface area contributed by atoms with Crippen LogP contribution in [-0.4, -0.2) is 28.9 Å². The molecule has 1 aromatic rings. The number of thiocarbonyl (C=S) groups is 1. The largest absolute Gasteiger partial charge is 0.490 e. The summed E-state index contributed by atoms with van der Waals surface area (Å²) < 4.78 is 6.13. The molecule has 0 saturated heterocycles. The monoisotopic (exact) mass is 370 g/mol. The third-order valence-electron chi connectivity index (χ3n) is 5.76. The Balaban J connectivity index is 1.57. The SMILES string of the molecule is CN1C(=S)NC(c2ccc(OC3CCCCC3)cc2)C2=C1CCCC2=O. The predicted molar refractivity (Wildman–Crippen MR) is 106 cm³/mol. The third kappa shape index (κ3) is 3.37. The number of Topliss-reactive ketones (excluding diaryl/α,β-unsaturated/α-hetero) is 1. The van der Waals surface area contributed by atoms with E-state index in [0.717, 1.165) is 48.3 Å². The van der Waals surface area contributed by atoms with Gasteiger partial charge < -0.3 is 15.0 Å². The van der Waals surface area contributed by atoms with Crippen molar-refractivity contribution in [3.8, 4) is 5.75 Å². The molecule has 1 atom stereocenters. The predicted octanol–water partition coefficient (Wildman–Crippen LogP) is 4.27. The van der Waals surface area contributed by atoms with E-state index in [4.69, 9.17) is 17.0 Å². The van der Waals surface area contributed by atoms with E-state index in [-0.39, 0.29) is 11.8 Å². The quantitative estimate of drug-likeness (QED) is 0.805. The second-order valence-electron chi connectivity index (χ2n) is 7.53. The van der Waals surface area contributed by atoms with Crippen molar-refractivity contribution >= 4 is 23.1 Å². The number of allylic oxidation sites excluding steroid dienone is 1. The Labute approximate surface area is 160 Å². The first-order chi connectivity index (χ1) is 12.6. The number of benzene rings is 1. The molecule has 1 aliphatic heterocycles. The Morgan fingerprint density at radius 2 is 1.81 bits per heavy atom. The van der Waals surface area contributed by atoms with Gasteiger partial charge in [0.2, 0.25) is 0 Å². The van der Waals surface area contributed by atoms with Crippen LogP contribution in [0.1, 0.15) is 63.0 Å². The van der Waals surface area contributed by atoms with E-state index in [2.05, 4.69) is 17.4 Å². The molecular weight excluding hydrogens is 344 g/mol. The fourth-order valence-corrected chi connectivity index (χ4v) is 4.53. The van der Waals surface area contributed by atoms with Gasteiger partial charge in [0.25, 0.3) is 0 Å². The van der Waals surface area contributed by atoms with Crippen LogP contribution in [0.25, 0.3) is 0 Å². The van der Waals surface area contributed by atoms with Crippen molar-refractivity contribution in [2.24, 2.45) is 0 Å². The molecule has 0 aromatic heterocycles. The Morgan fingerprint density at radius 1 is 1.08 bits per heavy atom. The number of ether oxygens (including phenoxy) is 1. The van der Waals surface area contributed by atoms with Gasteiger partial charge in [-0.15, -0.1) is 0 Å². The number of rotatable bonds is 3. The van der Waals surface area contributed by atoms with Gasteiger partial charge in [-0.1, -0.05) is 18.6 Å². The standard InChI is InChI=1S/C21H26N2O2S/c1-23-17-8-5-9-18(24)19(17)20(22-21(23)26)14-10-12-16(13-11-14)25-15-6-3-2-4-7-15/h10-13,15,20H,2-9H2,1H3,(H,22,26). The van der Waals surface area contributed by atoms with Gasteiger partial charge in [-0.3, -0.25) is 4.79 Å². The fraction of sp³-hybridized carbons (Fsp3) is 0.524. The number of carbonyl (C=O) groups is 1. The fourth-order valence-electron chi connectivity index (χ4n) is 4.30. The molecule has 1 N–H and O–H groups in total. The maximum absolute atomic E-state index is 12.6. The number of carbonyl (C=O) groups excluding carboxylic acids is 1. The van der Waals surface area contributed by atoms with E-state index in [9.17, 15) is 4.79 Å². The Kier molecular flexibility index (Phi) is 4.98. The molecule has 2 aliphatic carbocycles. The highest BCUT2D eigenvalue weighted by molar-refractivity contribution is 7.80. The number of nitrogens with one attached hydrogen (secondary N) is 1. The smallest absolute Gasteiger partial charge is 0.173 e. The van der Waals surface area contributed by atoms with Crippen molar-refractivity contribution in [3.63, 3.8) is 0 Å². The average molecular weight is 371 g/mol. The van der Waals surface area contributed by atoms with Gasteiger partial charge in [-0.2, -0.15) is 0 Å². The van der Waals surface area contributed by atoms with Crippen molar-refractivity contribution < 1.29 is 9.53 Å². The zero-order valence-electron chi connectivity index (χ0n) is 15.3. The van der Waals surface area contributed by atoms with Crippen molar-refractivity contribution in [2.75, 3.05) is 7.05 Å². The Morgan fingerprint density at radius 3 is 2.54 bits per heavy atom. The molecule has 1 heterocycles. The average Bonchev–Trinajstić information content (AvgIpc) is 2.66. The van der Waals surface area contributed by atoms with Gasteiger partial charge in [-0.25, -0.2) is 0 Å². The first kappa shape index (κ1) is 17.5. The minimum absolute atomic E-state index is 0.148. The van der Waals surface area contributed by atoms with E-state index in [0.29, 0.717) is 17.6 Å². The lowest BCUT2D eigenvalue weighted by Gasteiger charge is -2.39. The number of nitrogens with zero attached hydrogens (tertiary/aromatic N) is 1. The van der Waals surface area contributed by atoms with E-state index in [1.165, 1.54) is 19.3 Å². The molecule has 138 valence electrons. The number of hydrogen-bond donors (Lipinski definition) is 1. The molecule has 1 aromatic carbocycles. The van der Waals surface area contributed by atoms with Crippen LogP contribution in [0, 0.1) is 0 Å². The summed E-state index contributed by atoms with van der Waals surface area (Å²) in [5.74, 6) is 1.15. The van der Waals surface area contributed by atoms with Gasteiger partial charge in [0.15, 0.2) is 10.9 Å². The summed E-state index contributed by atoms with van der Waals surface area (Å²) in [5, 5.41) is 4.04. The molecule has 1 fully saturated rings. The molecule has 0 bridgehead atoms. The first-order valence-electron chi connectivity index (χ1n) is 9.70. The summed E-state index contributed by atoms with van der Waals surface area (Å²) in [6, 6.07) is 8.04. The molecule has 3 aliphatic rings. The summed E-state index contributed by atoms with van der Waals surface area (Å²) in [6.45, 7) is 0. The lowest BCUT2D eigenvalue weighted by atomic mass is 9.85. The van der Waals surface area contributed by atoms with Crippen LogP contribution < -0.4 is 10.1 Å². The highest BCUT2D eigenvalue weighted by Crippen LogP contribution is 2.37. The van der Waals surface area contributed by atoms with Crippen LogP contribution in [0.4, 0.5) is 0 Å². The summed E-state index contributed by atoms with van der Waals surface area (Å²) in [6.07, 6.45) is 8.95. The molecule has 1 unspecified atom stereocenters. The van der Waals surface area contributed by atoms with Crippen LogP contribution in [-0.2, 0) is 4.79 Å². The zero-order chi connectivity index (χ0) is 18.1. The van der Waals surface area contributed by atoms with Gasteiger partial charge >= 0.3 is 0 Å². The summed E-state index contributed by atoms with van der Waals surface area (Å²) in [7, 11) is 1.95. The molecule has 0 radical (unpaired) electrons. The molecule has 4 nitrogen and oxygen atoms in total. The van der Waals surface area contributed by atoms with Gasteiger partial charge in [0.1, 0.15) is 5.75 Å². The van der Waals surface area contributed by atoms with E-state index < -0.39 is 0 Å². The summed E-state index contributed by atoms with van der Waals surface area (Å²) in [5.41, 5.74) is 3.03. The number of hydrogen-bond acceptors (Lipinski definition) is 3. The first-order valence-corrected chi connectivity index (χ1v) is 10.1. The van der Waals surface area contributed by atoms with Crippen molar-refractivity contribution in [1.82, 2.24) is 10.2 Å². The third-order valence-corrected chi connectivity index (χ3v) is 6.15. The van der Waals surface area contributed by atoms with Crippen LogP contribution in [0.3, 0.4) is 0 Å². The van der Waals surface area contributed by atoms with Crippen molar-refractivity contribution in [1.29, 1.82) is 0 Å². The lowest BCUT2D eigenvalue weighted by Crippen LogP contribution is -2.47. The molecule has 4 rings (SSSR count). The molecule has 0 amide bonds. The highest BCUT2D eigenvalue weighted by Gasteiger charge is 2.35. The summed E-state index contributed by atoms with van der Waals surface area (Å²) in [4.78, 5) is 14.6. The molecule has 1 saturated carbocycles. The lowest BCUT2D eigenvalue weighted by molar-refractivity contribution is -0.116. The van der Waals surface area contributed by atoms with Crippen LogP contribution in [0.15, 0.2) is 35.5 Å². The zero-order valence-corrected chi connectivity index (χ0v) is 16.1. The Hall–Kier alpha value is -1.88. The van der Waals surface area contributed by atoms with Crippen LogP contribution in [0.2, 0.25) is 0 Å². The van der Waals surface area contributed by atoms with Crippen molar-refractivity contribution in [3.05, 3.63) is 41.1 Å². The molecule has 26 heavy (non-hydrogen) atoms. The topological polar surface area (TPSA) is 41.6 Å². The minimum atomic E-state index is -0.148. The summed E-state index contributed by atoms with van der Waals surface area (Å²) >= 11 is 5.49. The van der Waals surface area contributed by atoms with Crippen LogP contribution >= 0.6 is 12.2 Å². The molecule has 5 heteroatoms. The van der Waals surface area contributed by atoms with Crippen molar-refractivity contribution in [2.45, 2.75) is 63.5 Å². The van der Waals surface area contributed by atoms with Gasteiger partial charge in [-0.05, 0) is 68.4 Å². The highest BCUT2D eigenvalue weighted by atomic mass is 32.1. The van der Waals surface area contributed by atoms with Gasteiger partial charge in [0.05, 0.1) is 12.1 Å². The van der Waals surface area contributed by atoms with Gasteiger partial charge in [0, 0.05) is 24.7 Å². The second-order valence-corrected chi connectivity index (χ2v) is 7.91. The van der Waals surface area contributed by atoms with E-state index >= 15 is 0 Å². The maximum Gasteiger partial charge on any atom is 0.173 e. The van der Waals surface area contributed by atoms with Crippen LogP contribution in [0.5, 0.6) is 5.75 Å². The maximum atomic E-state index is 12.6. The number of ketones is 1. The second kappa shape index (κ2) is 7.39. The Bertz CT molecular complexity index is 735. The minimum Gasteiger partial charge on any atom is -0.490 e. The van der Waals surface area contributed by atoms with E-state index in [1.54, 1.807) is 0 Å².